The second-order valence-electron chi connectivity index (χ2n) is 5.03. The molecule has 0 aliphatic heterocycles. The van der Waals surface area contributed by atoms with Gasteiger partial charge in [0, 0.05) is 11.6 Å². The van der Waals surface area contributed by atoms with Gasteiger partial charge in [0.1, 0.15) is 5.75 Å². The van der Waals surface area contributed by atoms with E-state index in [4.69, 9.17) is 10.5 Å². The molecule has 2 unspecified atom stereocenters. The summed E-state index contributed by atoms with van der Waals surface area (Å²) in [6.07, 6.45) is 2.41. The Kier molecular flexibility index (Phi) is 5.49. The van der Waals surface area contributed by atoms with E-state index in [9.17, 15) is 0 Å². The van der Waals surface area contributed by atoms with Crippen LogP contribution in [0.4, 0.5) is 0 Å². The SMILES string of the molecule is CCCC(C)COc1ccc(C)cc1C(C)N. The lowest BCUT2D eigenvalue weighted by Crippen LogP contribution is -2.12. The average molecular weight is 235 g/mol. The Labute approximate surface area is 105 Å². The first-order valence-corrected chi connectivity index (χ1v) is 6.53. The molecule has 1 aromatic rings. The van der Waals surface area contributed by atoms with Gasteiger partial charge >= 0.3 is 0 Å². The van der Waals surface area contributed by atoms with Crippen LogP contribution in [0, 0.1) is 12.8 Å². The Morgan fingerprint density at radius 1 is 1.29 bits per heavy atom. The van der Waals surface area contributed by atoms with Crippen molar-refractivity contribution < 1.29 is 4.74 Å². The van der Waals surface area contributed by atoms with Crippen LogP contribution in [0.5, 0.6) is 5.75 Å². The van der Waals surface area contributed by atoms with Crippen LogP contribution in [0.2, 0.25) is 0 Å². The molecule has 2 nitrogen and oxygen atoms in total. The molecule has 0 saturated carbocycles. The monoisotopic (exact) mass is 235 g/mol. The van der Waals surface area contributed by atoms with Crippen molar-refractivity contribution in [1.29, 1.82) is 0 Å². The molecule has 0 bridgehead atoms. The van der Waals surface area contributed by atoms with Gasteiger partial charge in [-0.05, 0) is 32.3 Å². The van der Waals surface area contributed by atoms with E-state index in [0.29, 0.717) is 5.92 Å². The maximum absolute atomic E-state index is 5.97. The van der Waals surface area contributed by atoms with E-state index in [1.54, 1.807) is 0 Å². The van der Waals surface area contributed by atoms with Gasteiger partial charge in [0.2, 0.25) is 0 Å². The van der Waals surface area contributed by atoms with Crippen LogP contribution >= 0.6 is 0 Å². The fourth-order valence-corrected chi connectivity index (χ4v) is 1.96. The minimum absolute atomic E-state index is 0.0198. The van der Waals surface area contributed by atoms with Gasteiger partial charge in [-0.25, -0.2) is 0 Å². The summed E-state index contributed by atoms with van der Waals surface area (Å²) in [5.41, 5.74) is 8.30. The highest BCUT2D eigenvalue weighted by atomic mass is 16.5. The molecule has 0 aliphatic rings. The Bertz CT molecular complexity index is 347. The van der Waals surface area contributed by atoms with Crippen LogP contribution in [0.1, 0.15) is 50.8 Å². The fraction of sp³-hybridized carbons (Fsp3) is 0.600. The molecular weight excluding hydrogens is 210 g/mol. The Morgan fingerprint density at radius 2 is 2.00 bits per heavy atom. The van der Waals surface area contributed by atoms with Crippen LogP contribution in [0.15, 0.2) is 18.2 Å². The number of aryl methyl sites for hydroxylation is 1. The highest BCUT2D eigenvalue weighted by Gasteiger charge is 2.09. The Morgan fingerprint density at radius 3 is 2.59 bits per heavy atom. The second-order valence-corrected chi connectivity index (χ2v) is 5.03. The number of benzene rings is 1. The molecule has 0 aromatic heterocycles. The van der Waals surface area contributed by atoms with Gasteiger partial charge in [-0.15, -0.1) is 0 Å². The molecule has 2 heteroatoms. The Hall–Kier alpha value is -1.02. The van der Waals surface area contributed by atoms with E-state index in [0.717, 1.165) is 17.9 Å². The van der Waals surface area contributed by atoms with Crippen LogP contribution in [0.3, 0.4) is 0 Å². The van der Waals surface area contributed by atoms with Gasteiger partial charge in [0.15, 0.2) is 0 Å². The summed E-state index contributed by atoms with van der Waals surface area (Å²) < 4.78 is 5.89. The van der Waals surface area contributed by atoms with Crippen molar-refractivity contribution >= 4 is 0 Å². The van der Waals surface area contributed by atoms with Crippen molar-refractivity contribution in [2.45, 2.75) is 46.6 Å². The molecule has 2 N–H and O–H groups in total. The van der Waals surface area contributed by atoms with Gasteiger partial charge in [-0.3, -0.25) is 0 Å². The van der Waals surface area contributed by atoms with Crippen LogP contribution in [-0.2, 0) is 0 Å². The first kappa shape index (κ1) is 14.0. The van der Waals surface area contributed by atoms with Gasteiger partial charge in [-0.2, -0.15) is 0 Å². The van der Waals surface area contributed by atoms with Crippen molar-refractivity contribution in [2.24, 2.45) is 11.7 Å². The number of hydrogen-bond donors (Lipinski definition) is 1. The smallest absolute Gasteiger partial charge is 0.124 e. The average Bonchev–Trinajstić information content (AvgIpc) is 2.27. The largest absolute Gasteiger partial charge is 0.493 e. The summed E-state index contributed by atoms with van der Waals surface area (Å²) in [7, 11) is 0. The summed E-state index contributed by atoms with van der Waals surface area (Å²) >= 11 is 0. The minimum atomic E-state index is 0.0198. The molecule has 1 aromatic carbocycles. The summed E-state index contributed by atoms with van der Waals surface area (Å²) in [5.74, 6) is 1.54. The summed E-state index contributed by atoms with van der Waals surface area (Å²) in [5, 5.41) is 0. The highest BCUT2D eigenvalue weighted by Crippen LogP contribution is 2.25. The van der Waals surface area contributed by atoms with Crippen LogP contribution in [-0.4, -0.2) is 6.61 Å². The summed E-state index contributed by atoms with van der Waals surface area (Å²) in [4.78, 5) is 0. The first-order chi connectivity index (χ1) is 8.04. The lowest BCUT2D eigenvalue weighted by atomic mass is 10.0. The predicted octanol–water partition coefficient (Wildman–Crippen LogP) is 3.83. The molecule has 0 fully saturated rings. The van der Waals surface area contributed by atoms with Crippen LogP contribution < -0.4 is 10.5 Å². The third-order valence-corrected chi connectivity index (χ3v) is 2.96. The molecular formula is C15H25NO. The number of rotatable bonds is 6. The van der Waals surface area contributed by atoms with Crippen molar-refractivity contribution in [3.8, 4) is 5.75 Å². The number of ether oxygens (including phenoxy) is 1. The molecule has 0 amide bonds. The third kappa shape index (κ3) is 4.39. The maximum atomic E-state index is 5.97. The molecule has 0 aliphatic carbocycles. The first-order valence-electron chi connectivity index (χ1n) is 6.53. The summed E-state index contributed by atoms with van der Waals surface area (Å²) in [6.45, 7) is 9.28. The lowest BCUT2D eigenvalue weighted by Gasteiger charge is -2.17. The standard InChI is InChI=1S/C15H25NO/c1-5-6-12(3)10-17-15-8-7-11(2)9-14(15)13(4)16/h7-9,12-13H,5-6,10,16H2,1-4H3. The normalized spacial score (nSPS) is 14.4. The highest BCUT2D eigenvalue weighted by molar-refractivity contribution is 5.38. The number of hydrogen-bond acceptors (Lipinski definition) is 2. The zero-order valence-corrected chi connectivity index (χ0v) is 11.5. The van der Waals surface area contributed by atoms with E-state index in [-0.39, 0.29) is 6.04 Å². The van der Waals surface area contributed by atoms with Gasteiger partial charge in [0.25, 0.3) is 0 Å². The van der Waals surface area contributed by atoms with Gasteiger partial charge < -0.3 is 10.5 Å². The van der Waals surface area contributed by atoms with Crippen molar-refractivity contribution in [3.63, 3.8) is 0 Å². The molecule has 96 valence electrons. The second kappa shape index (κ2) is 6.65. The quantitative estimate of drug-likeness (QED) is 0.813. The zero-order valence-electron chi connectivity index (χ0n) is 11.5. The topological polar surface area (TPSA) is 35.2 Å². The number of nitrogens with two attached hydrogens (primary N) is 1. The minimum Gasteiger partial charge on any atom is -0.493 e. The predicted molar refractivity (Wildman–Crippen MR) is 73.3 cm³/mol. The molecule has 0 saturated heterocycles. The lowest BCUT2D eigenvalue weighted by molar-refractivity contribution is 0.248. The van der Waals surface area contributed by atoms with Gasteiger partial charge in [-0.1, -0.05) is 38.0 Å². The Balaban J connectivity index is 2.70. The molecule has 0 heterocycles. The summed E-state index contributed by atoms with van der Waals surface area (Å²) in [6, 6.07) is 6.24. The molecule has 1 rings (SSSR count). The third-order valence-electron chi connectivity index (χ3n) is 2.96. The van der Waals surface area contributed by atoms with E-state index in [2.05, 4.69) is 32.9 Å². The van der Waals surface area contributed by atoms with Crippen molar-refractivity contribution in [2.75, 3.05) is 6.61 Å². The van der Waals surface area contributed by atoms with E-state index in [1.807, 2.05) is 13.0 Å². The van der Waals surface area contributed by atoms with E-state index in [1.165, 1.54) is 18.4 Å². The maximum Gasteiger partial charge on any atom is 0.124 e. The van der Waals surface area contributed by atoms with E-state index >= 15 is 0 Å². The molecule has 2 atom stereocenters. The van der Waals surface area contributed by atoms with Crippen molar-refractivity contribution in [3.05, 3.63) is 29.3 Å². The van der Waals surface area contributed by atoms with Crippen LogP contribution in [0.25, 0.3) is 0 Å². The molecule has 17 heavy (non-hydrogen) atoms. The fourth-order valence-electron chi connectivity index (χ4n) is 1.96. The van der Waals surface area contributed by atoms with Crippen molar-refractivity contribution in [1.82, 2.24) is 0 Å². The molecule has 0 spiro atoms. The van der Waals surface area contributed by atoms with Gasteiger partial charge in [0.05, 0.1) is 6.61 Å². The van der Waals surface area contributed by atoms with E-state index < -0.39 is 0 Å². The zero-order chi connectivity index (χ0) is 12.8. The molecule has 0 radical (unpaired) electrons.